The molecule has 2 N–H and O–H groups in total. The van der Waals surface area contributed by atoms with E-state index in [1.807, 2.05) is 13.0 Å². The number of anilines is 1. The number of nitrogens with two attached hydrogens (primary N) is 1. The van der Waals surface area contributed by atoms with Crippen LogP contribution in [0.1, 0.15) is 5.56 Å². The number of ether oxygens (including phenoxy) is 1. The monoisotopic (exact) mass is 258 g/mol. The van der Waals surface area contributed by atoms with Gasteiger partial charge in [-0.1, -0.05) is 0 Å². The lowest BCUT2D eigenvalue weighted by atomic mass is 10.3. The summed E-state index contributed by atoms with van der Waals surface area (Å²) in [6.07, 6.45) is 3.15. The fraction of sp³-hybridized carbons (Fsp3) is 0.0769. The van der Waals surface area contributed by atoms with Crippen molar-refractivity contribution in [3.05, 3.63) is 48.2 Å². The molecule has 0 spiro atoms. The Morgan fingerprint density at radius 2 is 2.16 bits per heavy atom. The van der Waals surface area contributed by atoms with Crippen LogP contribution >= 0.6 is 0 Å². The molecule has 1 aromatic carbocycles. The molecule has 0 bridgehead atoms. The Labute approximate surface area is 108 Å². The minimum Gasteiger partial charge on any atom is -0.434 e. The molecular weight excluding hydrogens is 247 g/mol. The average Bonchev–Trinajstić information content (AvgIpc) is 2.76. The van der Waals surface area contributed by atoms with Crippen LogP contribution in [0.15, 0.2) is 36.8 Å². The van der Waals surface area contributed by atoms with Crippen molar-refractivity contribution in [2.75, 3.05) is 5.73 Å². The Morgan fingerprint density at radius 1 is 1.32 bits per heavy atom. The first-order valence-electron chi connectivity index (χ1n) is 5.67. The number of hydrogen-bond donors (Lipinski definition) is 1. The van der Waals surface area contributed by atoms with Gasteiger partial charge in [0.25, 0.3) is 0 Å². The van der Waals surface area contributed by atoms with E-state index >= 15 is 0 Å². The number of hydrogen-bond acceptors (Lipinski definition) is 4. The second-order valence-electron chi connectivity index (χ2n) is 4.15. The van der Waals surface area contributed by atoms with E-state index in [0.29, 0.717) is 17.1 Å². The molecular formula is C13H11FN4O. The number of fused-ring (bicyclic) bond motifs is 1. The molecule has 2 heterocycles. The molecule has 0 radical (unpaired) electrons. The minimum atomic E-state index is -0.527. The summed E-state index contributed by atoms with van der Waals surface area (Å²) >= 11 is 0. The molecule has 3 rings (SSSR count). The van der Waals surface area contributed by atoms with Gasteiger partial charge in [0.1, 0.15) is 11.8 Å². The molecule has 0 saturated carbocycles. The molecule has 0 aliphatic carbocycles. The fourth-order valence-electron chi connectivity index (χ4n) is 1.85. The SMILES string of the molecule is Cc1ccn2ncnc(Oc3ccc(N)cc3F)c12. The van der Waals surface area contributed by atoms with Crippen LogP contribution in [-0.2, 0) is 0 Å². The van der Waals surface area contributed by atoms with Gasteiger partial charge in [-0.15, -0.1) is 0 Å². The van der Waals surface area contributed by atoms with E-state index in [9.17, 15) is 4.39 Å². The smallest absolute Gasteiger partial charge is 0.247 e. The number of nitrogen functional groups attached to an aromatic ring is 1. The normalized spacial score (nSPS) is 10.8. The lowest BCUT2D eigenvalue weighted by molar-refractivity contribution is 0.428. The van der Waals surface area contributed by atoms with Gasteiger partial charge in [0.15, 0.2) is 11.6 Å². The van der Waals surface area contributed by atoms with Gasteiger partial charge in [0.2, 0.25) is 5.88 Å². The summed E-state index contributed by atoms with van der Waals surface area (Å²) in [5, 5.41) is 4.05. The van der Waals surface area contributed by atoms with Crippen LogP contribution in [-0.4, -0.2) is 14.6 Å². The predicted octanol–water partition coefficient (Wildman–Crippen LogP) is 2.55. The third-order valence-corrected chi connectivity index (χ3v) is 2.78. The third kappa shape index (κ3) is 1.97. The van der Waals surface area contributed by atoms with E-state index in [1.54, 1.807) is 16.8 Å². The number of aromatic nitrogens is 3. The Hall–Kier alpha value is -2.63. The zero-order valence-corrected chi connectivity index (χ0v) is 10.2. The summed E-state index contributed by atoms with van der Waals surface area (Å²) in [6, 6.07) is 6.14. The number of rotatable bonds is 2. The summed E-state index contributed by atoms with van der Waals surface area (Å²) in [7, 11) is 0. The summed E-state index contributed by atoms with van der Waals surface area (Å²) in [4.78, 5) is 4.05. The molecule has 0 fully saturated rings. The topological polar surface area (TPSA) is 65.4 Å². The standard InChI is InChI=1S/C13H11FN4O/c1-8-4-5-18-12(8)13(16-7-17-18)19-11-3-2-9(15)6-10(11)14/h2-7H,15H2,1H3. The van der Waals surface area contributed by atoms with Crippen LogP contribution in [0.4, 0.5) is 10.1 Å². The first-order valence-corrected chi connectivity index (χ1v) is 5.67. The molecule has 96 valence electrons. The number of aryl methyl sites for hydroxylation is 1. The summed E-state index contributed by atoms with van der Waals surface area (Å²) in [5.74, 6) is -0.141. The predicted molar refractivity (Wildman–Crippen MR) is 68.6 cm³/mol. The molecule has 0 aliphatic heterocycles. The van der Waals surface area contributed by atoms with Gasteiger partial charge >= 0.3 is 0 Å². The molecule has 0 amide bonds. The van der Waals surface area contributed by atoms with Gasteiger partial charge in [-0.3, -0.25) is 0 Å². The lowest BCUT2D eigenvalue weighted by Gasteiger charge is -2.08. The van der Waals surface area contributed by atoms with Gasteiger partial charge in [0, 0.05) is 18.0 Å². The third-order valence-electron chi connectivity index (χ3n) is 2.78. The van der Waals surface area contributed by atoms with Gasteiger partial charge in [-0.25, -0.2) is 8.91 Å². The summed E-state index contributed by atoms with van der Waals surface area (Å²) in [5.41, 5.74) is 7.50. The maximum absolute atomic E-state index is 13.7. The summed E-state index contributed by atoms with van der Waals surface area (Å²) < 4.78 is 20.9. The van der Waals surface area contributed by atoms with Crippen LogP contribution < -0.4 is 10.5 Å². The Kier molecular flexibility index (Phi) is 2.56. The van der Waals surface area contributed by atoms with Gasteiger partial charge < -0.3 is 10.5 Å². The van der Waals surface area contributed by atoms with E-state index in [-0.39, 0.29) is 5.75 Å². The Balaban J connectivity index is 2.08. The maximum Gasteiger partial charge on any atom is 0.247 e. The van der Waals surface area contributed by atoms with Crippen LogP contribution in [0, 0.1) is 12.7 Å². The van der Waals surface area contributed by atoms with Gasteiger partial charge in [0.05, 0.1) is 0 Å². The molecule has 2 aromatic heterocycles. The van der Waals surface area contributed by atoms with E-state index < -0.39 is 5.82 Å². The van der Waals surface area contributed by atoms with Crippen molar-refractivity contribution in [2.45, 2.75) is 6.92 Å². The largest absolute Gasteiger partial charge is 0.434 e. The van der Waals surface area contributed by atoms with Crippen LogP contribution in [0.25, 0.3) is 5.52 Å². The highest BCUT2D eigenvalue weighted by Gasteiger charge is 2.12. The lowest BCUT2D eigenvalue weighted by Crippen LogP contribution is -1.98. The van der Waals surface area contributed by atoms with Crippen LogP contribution in [0.3, 0.4) is 0 Å². The highest BCUT2D eigenvalue weighted by Crippen LogP contribution is 2.28. The van der Waals surface area contributed by atoms with E-state index in [2.05, 4.69) is 10.1 Å². The molecule has 5 nitrogen and oxygen atoms in total. The minimum absolute atomic E-state index is 0.0791. The van der Waals surface area contributed by atoms with E-state index in [0.717, 1.165) is 5.56 Å². The molecule has 0 atom stereocenters. The highest BCUT2D eigenvalue weighted by atomic mass is 19.1. The second kappa shape index (κ2) is 4.24. The molecule has 6 heteroatoms. The van der Waals surface area contributed by atoms with Crippen molar-refractivity contribution >= 4 is 11.2 Å². The quantitative estimate of drug-likeness (QED) is 0.717. The van der Waals surface area contributed by atoms with Crippen molar-refractivity contribution in [3.8, 4) is 11.6 Å². The average molecular weight is 258 g/mol. The van der Waals surface area contributed by atoms with E-state index in [4.69, 9.17) is 10.5 Å². The molecule has 0 aliphatic rings. The number of halogens is 1. The van der Waals surface area contributed by atoms with Crippen LogP contribution in [0.2, 0.25) is 0 Å². The van der Waals surface area contributed by atoms with Crippen molar-refractivity contribution in [3.63, 3.8) is 0 Å². The Morgan fingerprint density at radius 3 is 2.95 bits per heavy atom. The maximum atomic E-state index is 13.7. The first-order chi connectivity index (χ1) is 9.15. The second-order valence-corrected chi connectivity index (χ2v) is 4.15. The molecule has 19 heavy (non-hydrogen) atoms. The van der Waals surface area contributed by atoms with Crippen molar-refractivity contribution in [1.29, 1.82) is 0 Å². The van der Waals surface area contributed by atoms with Gasteiger partial charge in [-0.05, 0) is 30.7 Å². The van der Waals surface area contributed by atoms with Crippen molar-refractivity contribution in [1.82, 2.24) is 14.6 Å². The Bertz CT molecular complexity index is 753. The fourth-order valence-corrected chi connectivity index (χ4v) is 1.85. The van der Waals surface area contributed by atoms with E-state index in [1.165, 1.54) is 18.5 Å². The molecule has 0 saturated heterocycles. The molecule has 0 unspecified atom stereocenters. The highest BCUT2D eigenvalue weighted by molar-refractivity contribution is 5.62. The summed E-state index contributed by atoms with van der Waals surface area (Å²) in [6.45, 7) is 1.91. The van der Waals surface area contributed by atoms with Gasteiger partial charge in [-0.2, -0.15) is 10.1 Å². The number of nitrogens with zero attached hydrogens (tertiary/aromatic N) is 3. The zero-order chi connectivity index (χ0) is 13.4. The zero-order valence-electron chi connectivity index (χ0n) is 10.2. The number of benzene rings is 1. The molecule has 3 aromatic rings. The van der Waals surface area contributed by atoms with Crippen molar-refractivity contribution < 1.29 is 9.13 Å². The van der Waals surface area contributed by atoms with Crippen molar-refractivity contribution in [2.24, 2.45) is 0 Å². The van der Waals surface area contributed by atoms with Crippen LogP contribution in [0.5, 0.6) is 11.6 Å². The first kappa shape index (κ1) is 11.5.